The van der Waals surface area contributed by atoms with Crippen LogP contribution in [0.3, 0.4) is 0 Å². The molecular weight excluding hydrogens is 356 g/mol. The molecule has 0 unspecified atom stereocenters. The van der Waals surface area contributed by atoms with E-state index in [0.717, 1.165) is 27.9 Å². The summed E-state index contributed by atoms with van der Waals surface area (Å²) in [7, 11) is 0. The molecule has 4 nitrogen and oxygen atoms in total. The molecule has 0 amide bonds. The van der Waals surface area contributed by atoms with Gasteiger partial charge in [-0.15, -0.1) is 0 Å². The van der Waals surface area contributed by atoms with E-state index in [2.05, 4.69) is 11.1 Å². The molecule has 0 saturated heterocycles. The number of benzene rings is 2. The fraction of sp³-hybridized carbons (Fsp3) is 0.227. The molecule has 1 heterocycles. The largest absolute Gasteiger partial charge is 0.293 e. The van der Waals surface area contributed by atoms with Crippen LogP contribution in [0.5, 0.6) is 0 Å². The summed E-state index contributed by atoms with van der Waals surface area (Å²) in [6, 6.07) is 11.8. The zero-order valence-corrected chi connectivity index (χ0v) is 16.8. The topological polar surface area (TPSA) is 52.0 Å². The molecule has 5 heteroatoms. The summed E-state index contributed by atoms with van der Waals surface area (Å²) in [6.45, 7) is 7.93. The molecule has 3 rings (SSSR count). The lowest BCUT2D eigenvalue weighted by Gasteiger charge is -2.10. The lowest BCUT2D eigenvalue weighted by atomic mass is 10.0. The van der Waals surface area contributed by atoms with Gasteiger partial charge in [0.05, 0.1) is 5.75 Å². The van der Waals surface area contributed by atoms with Gasteiger partial charge in [0.15, 0.2) is 10.8 Å². The van der Waals surface area contributed by atoms with Crippen molar-refractivity contribution in [3.05, 3.63) is 87.0 Å². The summed E-state index contributed by atoms with van der Waals surface area (Å²) in [5.41, 5.74) is 5.55. The molecule has 0 atom stereocenters. The highest BCUT2D eigenvalue weighted by atomic mass is 32.2. The molecular formula is C22H22N2O2S. The highest BCUT2D eigenvalue weighted by Crippen LogP contribution is 2.18. The van der Waals surface area contributed by atoms with E-state index in [9.17, 15) is 9.59 Å². The van der Waals surface area contributed by atoms with Gasteiger partial charge in [0.1, 0.15) is 0 Å². The van der Waals surface area contributed by atoms with Crippen LogP contribution < -0.4 is 5.56 Å². The van der Waals surface area contributed by atoms with Gasteiger partial charge in [-0.3, -0.25) is 14.2 Å². The van der Waals surface area contributed by atoms with Crippen molar-refractivity contribution in [1.29, 1.82) is 0 Å². The third-order valence-electron chi connectivity index (χ3n) is 4.32. The maximum Gasteiger partial charge on any atom is 0.287 e. The van der Waals surface area contributed by atoms with Gasteiger partial charge in [0.25, 0.3) is 5.56 Å². The van der Waals surface area contributed by atoms with Gasteiger partial charge in [-0.05, 0) is 56.5 Å². The molecule has 27 heavy (non-hydrogen) atoms. The van der Waals surface area contributed by atoms with Crippen molar-refractivity contribution in [2.45, 2.75) is 32.7 Å². The molecule has 3 aromatic rings. The second-order valence-corrected chi connectivity index (χ2v) is 7.75. The molecule has 0 fully saturated rings. The molecule has 0 aliphatic heterocycles. The van der Waals surface area contributed by atoms with Gasteiger partial charge < -0.3 is 0 Å². The van der Waals surface area contributed by atoms with Crippen molar-refractivity contribution < 1.29 is 4.79 Å². The van der Waals surface area contributed by atoms with Crippen molar-refractivity contribution in [2.75, 3.05) is 5.75 Å². The number of rotatable bonds is 5. The fourth-order valence-electron chi connectivity index (χ4n) is 3.12. The Bertz CT molecular complexity index is 1050. The quantitative estimate of drug-likeness (QED) is 0.486. The number of Topliss-reactive ketones (excluding diaryl/α,β-unsaturated/α-hetero) is 1. The predicted molar refractivity (Wildman–Crippen MR) is 110 cm³/mol. The van der Waals surface area contributed by atoms with Crippen LogP contribution in [0.15, 0.2) is 58.6 Å². The van der Waals surface area contributed by atoms with Crippen LogP contribution >= 0.6 is 11.8 Å². The van der Waals surface area contributed by atoms with Gasteiger partial charge >= 0.3 is 0 Å². The third-order valence-corrected chi connectivity index (χ3v) is 5.28. The van der Waals surface area contributed by atoms with Crippen LogP contribution in [-0.2, 0) is 0 Å². The van der Waals surface area contributed by atoms with Crippen molar-refractivity contribution in [2.24, 2.45) is 0 Å². The van der Waals surface area contributed by atoms with Gasteiger partial charge in [0, 0.05) is 23.6 Å². The van der Waals surface area contributed by atoms with E-state index in [1.54, 1.807) is 17.0 Å². The first-order chi connectivity index (χ1) is 12.8. The second kappa shape index (κ2) is 7.92. The van der Waals surface area contributed by atoms with Gasteiger partial charge in [0.2, 0.25) is 0 Å². The molecule has 2 aromatic carbocycles. The first-order valence-corrected chi connectivity index (χ1v) is 9.73. The average Bonchev–Trinajstić information content (AvgIpc) is 2.59. The van der Waals surface area contributed by atoms with Crippen LogP contribution in [0.4, 0.5) is 0 Å². The van der Waals surface area contributed by atoms with Gasteiger partial charge in [-0.25, -0.2) is 4.98 Å². The van der Waals surface area contributed by atoms with E-state index < -0.39 is 0 Å². The van der Waals surface area contributed by atoms with Crippen LogP contribution in [0.25, 0.3) is 5.69 Å². The molecule has 0 bridgehead atoms. The van der Waals surface area contributed by atoms with E-state index in [-0.39, 0.29) is 17.1 Å². The number of aryl methyl sites for hydroxylation is 4. The Labute approximate surface area is 163 Å². The van der Waals surface area contributed by atoms with E-state index in [0.29, 0.717) is 10.6 Å². The summed E-state index contributed by atoms with van der Waals surface area (Å²) in [4.78, 5) is 29.6. The summed E-state index contributed by atoms with van der Waals surface area (Å²) in [6.07, 6.45) is 3.26. The SMILES string of the molecule is Cc1cc(C)cc(-n2ccnc(SCC(=O)c3ccc(C)cc3C)c2=O)c1. The molecule has 0 spiro atoms. The Kier molecular flexibility index (Phi) is 5.61. The van der Waals surface area contributed by atoms with Crippen LogP contribution in [-0.4, -0.2) is 21.1 Å². The molecule has 0 saturated carbocycles. The van der Waals surface area contributed by atoms with E-state index in [1.165, 1.54) is 11.8 Å². The number of hydrogen-bond donors (Lipinski definition) is 0. The van der Waals surface area contributed by atoms with E-state index in [4.69, 9.17) is 0 Å². The average molecular weight is 378 g/mol. The Balaban J connectivity index is 1.84. The number of nitrogens with zero attached hydrogens (tertiary/aromatic N) is 2. The Morgan fingerprint density at radius 1 is 1.00 bits per heavy atom. The van der Waals surface area contributed by atoms with Crippen molar-refractivity contribution in [1.82, 2.24) is 9.55 Å². The second-order valence-electron chi connectivity index (χ2n) is 6.78. The normalized spacial score (nSPS) is 10.8. The molecule has 0 N–H and O–H groups in total. The number of thioether (sulfide) groups is 1. The third kappa shape index (κ3) is 4.37. The number of aromatic nitrogens is 2. The standard InChI is InChI=1S/C22H22N2O2S/c1-14-5-6-19(17(4)10-14)20(25)13-27-21-22(26)24(8-7-23-21)18-11-15(2)9-16(3)12-18/h5-12H,13H2,1-4H3. The fourth-order valence-corrected chi connectivity index (χ4v) is 3.90. The van der Waals surface area contributed by atoms with Crippen LogP contribution in [0.2, 0.25) is 0 Å². The predicted octanol–water partition coefficient (Wildman–Crippen LogP) is 4.44. The Hall–Kier alpha value is -2.66. The zero-order valence-electron chi connectivity index (χ0n) is 15.9. The van der Waals surface area contributed by atoms with Crippen molar-refractivity contribution in [3.63, 3.8) is 0 Å². The Morgan fingerprint density at radius 3 is 2.37 bits per heavy atom. The number of carbonyl (C=O) groups is 1. The minimum Gasteiger partial charge on any atom is -0.293 e. The van der Waals surface area contributed by atoms with Crippen LogP contribution in [0.1, 0.15) is 32.6 Å². The van der Waals surface area contributed by atoms with Crippen molar-refractivity contribution >= 4 is 17.5 Å². The maximum atomic E-state index is 12.8. The minimum absolute atomic E-state index is 0.000466. The summed E-state index contributed by atoms with van der Waals surface area (Å²) in [5.74, 6) is 0.184. The summed E-state index contributed by atoms with van der Waals surface area (Å²) < 4.78 is 1.58. The first kappa shape index (κ1) is 19.1. The lowest BCUT2D eigenvalue weighted by molar-refractivity contribution is 0.102. The maximum absolute atomic E-state index is 12.8. The monoisotopic (exact) mass is 378 g/mol. The molecule has 0 radical (unpaired) electrons. The molecule has 138 valence electrons. The van der Waals surface area contributed by atoms with Crippen LogP contribution in [0, 0.1) is 27.7 Å². The first-order valence-electron chi connectivity index (χ1n) is 8.75. The molecule has 0 aliphatic carbocycles. The minimum atomic E-state index is -0.207. The highest BCUT2D eigenvalue weighted by molar-refractivity contribution is 7.99. The van der Waals surface area contributed by atoms with Gasteiger partial charge in [-0.2, -0.15) is 0 Å². The zero-order chi connectivity index (χ0) is 19.6. The van der Waals surface area contributed by atoms with E-state index in [1.807, 2.05) is 58.0 Å². The smallest absolute Gasteiger partial charge is 0.287 e. The number of carbonyl (C=O) groups excluding carboxylic acids is 1. The Morgan fingerprint density at radius 2 is 1.70 bits per heavy atom. The number of hydrogen-bond acceptors (Lipinski definition) is 4. The summed E-state index contributed by atoms with van der Waals surface area (Å²) in [5, 5.41) is 0.328. The lowest BCUT2D eigenvalue weighted by Crippen LogP contribution is -2.21. The van der Waals surface area contributed by atoms with Crippen molar-refractivity contribution in [3.8, 4) is 5.69 Å². The van der Waals surface area contributed by atoms with Gasteiger partial charge in [-0.1, -0.05) is 41.6 Å². The highest BCUT2D eigenvalue weighted by Gasteiger charge is 2.13. The summed E-state index contributed by atoms with van der Waals surface area (Å²) >= 11 is 1.19. The molecule has 1 aromatic heterocycles. The molecule has 0 aliphatic rings. The number of ketones is 1. The van der Waals surface area contributed by atoms with E-state index >= 15 is 0 Å².